The second kappa shape index (κ2) is 10.1. The molecule has 2 fully saturated rings. The molecule has 9 heteroatoms. The van der Waals surface area contributed by atoms with Crippen molar-refractivity contribution >= 4 is 29.3 Å². The minimum Gasteiger partial charge on any atom is -0.448 e. The Balaban J connectivity index is 1.26. The van der Waals surface area contributed by atoms with Crippen molar-refractivity contribution in [3.63, 3.8) is 0 Å². The van der Waals surface area contributed by atoms with Crippen LogP contribution in [0.2, 0.25) is 0 Å². The van der Waals surface area contributed by atoms with Gasteiger partial charge < -0.3 is 30.1 Å². The molecule has 189 valence electrons. The standard InChI is InChI=1S/C27H32N5O4/c1-19-5-2-3-6-23(19)30-13-11-29(12-14-30)21-7-8-22-20(17-21)18-24(25(28)33)32(26(22)34)10-4-9-31-15-16-36-27(31)35/h2-3,5-6,8,17,24H,4,9-16,18H2,1H3,(H2,28,33). The van der Waals surface area contributed by atoms with Crippen LogP contribution < -0.4 is 15.5 Å². The van der Waals surface area contributed by atoms with E-state index in [0.717, 1.165) is 37.4 Å². The van der Waals surface area contributed by atoms with Crippen molar-refractivity contribution in [2.24, 2.45) is 5.73 Å². The molecule has 9 nitrogen and oxygen atoms in total. The molecule has 2 saturated heterocycles. The number of hydrogen-bond acceptors (Lipinski definition) is 6. The summed E-state index contributed by atoms with van der Waals surface area (Å²) >= 11 is 0. The summed E-state index contributed by atoms with van der Waals surface area (Å²) < 4.78 is 4.95. The number of benzene rings is 2. The Morgan fingerprint density at radius 2 is 1.83 bits per heavy atom. The van der Waals surface area contributed by atoms with Crippen molar-refractivity contribution in [1.82, 2.24) is 9.80 Å². The van der Waals surface area contributed by atoms with Gasteiger partial charge in [-0.15, -0.1) is 0 Å². The van der Waals surface area contributed by atoms with Crippen molar-refractivity contribution in [3.8, 4) is 0 Å². The number of primary amides is 1. The van der Waals surface area contributed by atoms with E-state index in [2.05, 4.69) is 47.1 Å². The van der Waals surface area contributed by atoms with Crippen molar-refractivity contribution < 1.29 is 19.1 Å². The summed E-state index contributed by atoms with van der Waals surface area (Å²) in [5, 5.41) is 0. The number of anilines is 2. The summed E-state index contributed by atoms with van der Waals surface area (Å²) in [5.41, 5.74) is 10.6. The van der Waals surface area contributed by atoms with Crippen LogP contribution in [0.3, 0.4) is 0 Å². The van der Waals surface area contributed by atoms with Crippen LogP contribution in [0.4, 0.5) is 16.2 Å². The van der Waals surface area contributed by atoms with Crippen LogP contribution in [0.25, 0.3) is 0 Å². The van der Waals surface area contributed by atoms with Crippen LogP contribution in [0, 0.1) is 13.0 Å². The molecule has 3 aliphatic rings. The highest BCUT2D eigenvalue weighted by Gasteiger charge is 2.36. The zero-order chi connectivity index (χ0) is 25.2. The number of para-hydroxylation sites is 1. The Morgan fingerprint density at radius 3 is 2.53 bits per heavy atom. The molecule has 36 heavy (non-hydrogen) atoms. The number of ether oxygens (including phenoxy) is 1. The number of aryl methyl sites for hydroxylation is 1. The number of nitrogens with zero attached hydrogens (tertiary/aromatic N) is 4. The number of amides is 3. The largest absolute Gasteiger partial charge is 0.448 e. The van der Waals surface area contributed by atoms with Gasteiger partial charge >= 0.3 is 6.09 Å². The van der Waals surface area contributed by atoms with Gasteiger partial charge in [-0.1, -0.05) is 18.2 Å². The maximum atomic E-state index is 13.3. The second-order valence-corrected chi connectivity index (χ2v) is 9.59. The van der Waals surface area contributed by atoms with E-state index in [1.54, 1.807) is 15.9 Å². The Labute approximate surface area is 211 Å². The van der Waals surface area contributed by atoms with Gasteiger partial charge in [0, 0.05) is 68.7 Å². The molecule has 0 saturated carbocycles. The van der Waals surface area contributed by atoms with Gasteiger partial charge in [-0.3, -0.25) is 9.59 Å². The van der Waals surface area contributed by atoms with Crippen molar-refractivity contribution in [3.05, 3.63) is 59.2 Å². The number of nitrogens with two attached hydrogens (primary N) is 1. The molecule has 2 aromatic carbocycles. The molecule has 5 rings (SSSR count). The Hall–Kier alpha value is -3.75. The predicted molar refractivity (Wildman–Crippen MR) is 136 cm³/mol. The van der Waals surface area contributed by atoms with Crippen LogP contribution in [0.5, 0.6) is 0 Å². The van der Waals surface area contributed by atoms with Gasteiger partial charge in [-0.2, -0.15) is 0 Å². The van der Waals surface area contributed by atoms with Crippen molar-refractivity contribution in [2.45, 2.75) is 25.8 Å². The van der Waals surface area contributed by atoms with E-state index in [4.69, 9.17) is 10.5 Å². The second-order valence-electron chi connectivity index (χ2n) is 9.59. The summed E-state index contributed by atoms with van der Waals surface area (Å²) in [6.45, 7) is 7.38. The first-order valence-corrected chi connectivity index (χ1v) is 12.5. The lowest BCUT2D eigenvalue weighted by atomic mass is 9.92. The lowest BCUT2D eigenvalue weighted by molar-refractivity contribution is -0.122. The maximum absolute atomic E-state index is 13.3. The third-order valence-corrected chi connectivity index (χ3v) is 7.38. The van der Waals surface area contributed by atoms with E-state index in [1.165, 1.54) is 11.3 Å². The van der Waals surface area contributed by atoms with Crippen LogP contribution in [0.1, 0.15) is 27.9 Å². The molecule has 0 aromatic heterocycles. The fraction of sp³-hybridized carbons (Fsp3) is 0.444. The van der Waals surface area contributed by atoms with E-state index in [9.17, 15) is 14.4 Å². The van der Waals surface area contributed by atoms with E-state index < -0.39 is 11.9 Å². The lowest BCUT2D eigenvalue weighted by Gasteiger charge is -2.39. The number of hydrogen-bond donors (Lipinski definition) is 1. The molecule has 2 aromatic rings. The Kier molecular flexibility index (Phi) is 6.71. The topological polar surface area (TPSA) is 99.4 Å². The highest BCUT2D eigenvalue weighted by Crippen LogP contribution is 2.29. The first kappa shape index (κ1) is 24.0. The molecule has 1 atom stereocenters. The average molecular weight is 491 g/mol. The maximum Gasteiger partial charge on any atom is 0.409 e. The number of carbonyl (C=O) groups excluding carboxylic acids is 3. The van der Waals surface area contributed by atoms with Crippen molar-refractivity contribution in [1.29, 1.82) is 0 Å². The van der Waals surface area contributed by atoms with Crippen LogP contribution in [0.15, 0.2) is 36.4 Å². The predicted octanol–water partition coefficient (Wildman–Crippen LogP) is 1.82. The monoisotopic (exact) mass is 490 g/mol. The number of rotatable bonds is 7. The number of piperazine rings is 1. The SMILES string of the molecule is Cc1ccccc1N1CCN(c2[c]cc3c(c2)CC(C(N)=O)N(CCCN2CCOC2=O)C3=O)CC1. The van der Waals surface area contributed by atoms with Crippen LogP contribution >= 0.6 is 0 Å². The molecule has 0 spiro atoms. The Bertz CT molecular complexity index is 1160. The van der Waals surface area contributed by atoms with Gasteiger partial charge in [0.25, 0.3) is 5.91 Å². The van der Waals surface area contributed by atoms with E-state index in [0.29, 0.717) is 44.6 Å². The molecule has 3 heterocycles. The first-order chi connectivity index (χ1) is 17.4. The van der Waals surface area contributed by atoms with Crippen LogP contribution in [-0.2, 0) is 16.0 Å². The van der Waals surface area contributed by atoms with Gasteiger partial charge in [0.05, 0.1) is 6.54 Å². The van der Waals surface area contributed by atoms with E-state index in [-0.39, 0.29) is 12.0 Å². The molecule has 0 aliphatic carbocycles. The molecular weight excluding hydrogens is 458 g/mol. The quantitative estimate of drug-likeness (QED) is 0.636. The summed E-state index contributed by atoms with van der Waals surface area (Å²) in [5.74, 6) is -0.730. The van der Waals surface area contributed by atoms with Gasteiger partial charge in [0.2, 0.25) is 5.91 Å². The van der Waals surface area contributed by atoms with Gasteiger partial charge in [-0.05, 0) is 42.7 Å². The van der Waals surface area contributed by atoms with Gasteiger partial charge in [-0.25, -0.2) is 4.79 Å². The normalized spacial score (nSPS) is 20.0. The number of carbonyl (C=O) groups is 3. The van der Waals surface area contributed by atoms with Gasteiger partial charge in [0.15, 0.2) is 0 Å². The Morgan fingerprint density at radius 1 is 1.08 bits per heavy atom. The zero-order valence-corrected chi connectivity index (χ0v) is 20.6. The summed E-state index contributed by atoms with van der Waals surface area (Å²) in [6.07, 6.45) is 0.596. The molecule has 3 aliphatic heterocycles. The van der Waals surface area contributed by atoms with Crippen LogP contribution in [-0.4, -0.2) is 86.2 Å². The molecule has 2 N–H and O–H groups in total. The summed E-state index contributed by atoms with van der Waals surface area (Å²) in [4.78, 5) is 45.1. The molecule has 1 unspecified atom stereocenters. The van der Waals surface area contributed by atoms with Crippen molar-refractivity contribution in [2.75, 3.05) is 62.2 Å². The minimum absolute atomic E-state index is 0.212. The molecule has 1 radical (unpaired) electrons. The lowest BCUT2D eigenvalue weighted by Crippen LogP contribution is -2.53. The molecule has 3 amide bonds. The summed E-state index contributed by atoms with van der Waals surface area (Å²) in [6, 6.07) is 14.8. The number of cyclic esters (lactones) is 1. The zero-order valence-electron chi connectivity index (χ0n) is 20.6. The fourth-order valence-corrected chi connectivity index (χ4v) is 5.37. The average Bonchev–Trinajstić information content (AvgIpc) is 3.29. The molecular formula is C27H32N5O4. The van der Waals surface area contributed by atoms with E-state index >= 15 is 0 Å². The number of fused-ring (bicyclic) bond motifs is 1. The smallest absolute Gasteiger partial charge is 0.409 e. The fourth-order valence-electron chi connectivity index (χ4n) is 5.37. The highest BCUT2D eigenvalue weighted by molar-refractivity contribution is 6.01. The minimum atomic E-state index is -0.705. The third kappa shape index (κ3) is 4.69. The highest BCUT2D eigenvalue weighted by atomic mass is 16.6. The third-order valence-electron chi connectivity index (χ3n) is 7.38. The van der Waals surface area contributed by atoms with Gasteiger partial charge in [0.1, 0.15) is 12.6 Å². The molecule has 0 bridgehead atoms. The first-order valence-electron chi connectivity index (χ1n) is 12.5. The van der Waals surface area contributed by atoms with E-state index in [1.807, 2.05) is 6.07 Å². The summed E-state index contributed by atoms with van der Waals surface area (Å²) in [7, 11) is 0.